The highest BCUT2D eigenvalue weighted by atomic mass is 16.6. The van der Waals surface area contributed by atoms with Crippen LogP contribution in [0.2, 0.25) is 0 Å². The first kappa shape index (κ1) is 12.9. The van der Waals surface area contributed by atoms with Crippen molar-refractivity contribution in [2.45, 2.75) is 33.6 Å². The van der Waals surface area contributed by atoms with Crippen molar-refractivity contribution in [3.8, 4) is 0 Å². The summed E-state index contributed by atoms with van der Waals surface area (Å²) in [6.07, 6.45) is 1.14. The van der Waals surface area contributed by atoms with Crippen LogP contribution in [-0.2, 0) is 19.1 Å². The third-order valence-corrected chi connectivity index (χ3v) is 1.58. The summed E-state index contributed by atoms with van der Waals surface area (Å²) in [4.78, 5) is 21.8. The van der Waals surface area contributed by atoms with Gasteiger partial charge in [-0.2, -0.15) is 0 Å². The van der Waals surface area contributed by atoms with Gasteiger partial charge in [0.15, 0.2) is 6.61 Å². The second kappa shape index (κ2) is 7.35. The van der Waals surface area contributed by atoms with Gasteiger partial charge >= 0.3 is 11.9 Å². The van der Waals surface area contributed by atoms with Gasteiger partial charge in [0.2, 0.25) is 0 Å². The van der Waals surface area contributed by atoms with E-state index >= 15 is 0 Å². The Morgan fingerprint density at radius 2 is 1.79 bits per heavy atom. The van der Waals surface area contributed by atoms with Gasteiger partial charge in [0.05, 0.1) is 6.61 Å². The Bertz CT molecular complexity index is 187. The van der Waals surface area contributed by atoms with Gasteiger partial charge in [-0.3, -0.25) is 4.79 Å². The summed E-state index contributed by atoms with van der Waals surface area (Å²) in [5, 5.41) is 0. The van der Waals surface area contributed by atoms with Crippen molar-refractivity contribution in [2.24, 2.45) is 5.92 Å². The third kappa shape index (κ3) is 7.58. The quantitative estimate of drug-likeness (QED) is 0.613. The molecule has 0 unspecified atom stereocenters. The Balaban J connectivity index is 3.48. The summed E-state index contributed by atoms with van der Waals surface area (Å²) in [6.45, 7) is 5.79. The monoisotopic (exact) mass is 202 g/mol. The minimum absolute atomic E-state index is 0.273. The first-order chi connectivity index (χ1) is 6.56. The highest BCUT2D eigenvalue weighted by Crippen LogP contribution is 2.04. The molecule has 0 aliphatic carbocycles. The second-order valence-corrected chi connectivity index (χ2v) is 3.40. The second-order valence-electron chi connectivity index (χ2n) is 3.40. The van der Waals surface area contributed by atoms with Gasteiger partial charge in [-0.05, 0) is 19.3 Å². The van der Waals surface area contributed by atoms with Crippen molar-refractivity contribution >= 4 is 11.9 Å². The smallest absolute Gasteiger partial charge is 0.344 e. The number of carbonyl (C=O) groups excluding carboxylic acids is 2. The van der Waals surface area contributed by atoms with Crippen LogP contribution < -0.4 is 0 Å². The molecule has 82 valence electrons. The summed E-state index contributed by atoms with van der Waals surface area (Å²) in [6, 6.07) is 0. The van der Waals surface area contributed by atoms with Gasteiger partial charge in [-0.25, -0.2) is 4.79 Å². The number of hydrogen-bond donors (Lipinski definition) is 0. The molecule has 0 aromatic rings. The molecule has 0 rings (SSSR count). The highest BCUT2D eigenvalue weighted by Gasteiger charge is 2.08. The number of rotatable bonds is 6. The number of esters is 2. The summed E-state index contributed by atoms with van der Waals surface area (Å²) in [5.74, 6) is -0.373. The standard InChI is InChI=1S/C10H18O4/c1-4-13-10(12)7-14-9(11)6-5-8(2)3/h8H,4-7H2,1-3H3. The minimum Gasteiger partial charge on any atom is -0.463 e. The third-order valence-electron chi connectivity index (χ3n) is 1.58. The maximum Gasteiger partial charge on any atom is 0.344 e. The van der Waals surface area contributed by atoms with Crippen LogP contribution in [0.4, 0.5) is 0 Å². The molecule has 0 aromatic heterocycles. The van der Waals surface area contributed by atoms with Crippen LogP contribution >= 0.6 is 0 Å². The van der Waals surface area contributed by atoms with Crippen molar-refractivity contribution in [1.29, 1.82) is 0 Å². The lowest BCUT2D eigenvalue weighted by molar-refractivity contribution is -0.158. The maximum atomic E-state index is 11.0. The molecule has 0 saturated carbocycles. The molecule has 0 N–H and O–H groups in total. The first-order valence-corrected chi connectivity index (χ1v) is 4.87. The van der Waals surface area contributed by atoms with E-state index in [1.807, 2.05) is 13.8 Å². The Morgan fingerprint density at radius 3 is 2.29 bits per heavy atom. The van der Waals surface area contributed by atoms with E-state index in [1.54, 1.807) is 6.92 Å². The molecule has 4 nitrogen and oxygen atoms in total. The molecule has 0 radical (unpaired) electrons. The fourth-order valence-corrected chi connectivity index (χ4v) is 0.821. The SMILES string of the molecule is CCOC(=O)COC(=O)CCC(C)C. The molecular weight excluding hydrogens is 184 g/mol. The Labute approximate surface area is 84.6 Å². The van der Waals surface area contributed by atoms with E-state index in [1.165, 1.54) is 0 Å². The normalized spacial score (nSPS) is 10.0. The van der Waals surface area contributed by atoms with Gasteiger partial charge in [0, 0.05) is 6.42 Å². The molecule has 0 spiro atoms. The van der Waals surface area contributed by atoms with Gasteiger partial charge in [-0.15, -0.1) is 0 Å². The van der Waals surface area contributed by atoms with Gasteiger partial charge in [0.1, 0.15) is 0 Å². The van der Waals surface area contributed by atoms with E-state index in [9.17, 15) is 9.59 Å². The lowest BCUT2D eigenvalue weighted by Gasteiger charge is -2.05. The average Bonchev–Trinajstić information content (AvgIpc) is 2.12. The zero-order valence-corrected chi connectivity index (χ0v) is 9.04. The summed E-state index contributed by atoms with van der Waals surface area (Å²) >= 11 is 0. The fourth-order valence-electron chi connectivity index (χ4n) is 0.821. The number of hydrogen-bond acceptors (Lipinski definition) is 4. The molecule has 0 amide bonds. The summed E-state index contributed by atoms with van der Waals surface area (Å²) in [5.41, 5.74) is 0. The van der Waals surface area contributed by atoms with Crippen LogP contribution in [0.1, 0.15) is 33.6 Å². The van der Waals surface area contributed by atoms with E-state index in [-0.39, 0.29) is 12.6 Å². The zero-order chi connectivity index (χ0) is 11.0. The van der Waals surface area contributed by atoms with E-state index in [2.05, 4.69) is 4.74 Å². The maximum absolute atomic E-state index is 11.0. The molecule has 0 aliphatic rings. The molecule has 0 saturated heterocycles. The van der Waals surface area contributed by atoms with Crippen molar-refractivity contribution < 1.29 is 19.1 Å². The highest BCUT2D eigenvalue weighted by molar-refractivity contribution is 5.76. The Hall–Kier alpha value is -1.06. The van der Waals surface area contributed by atoms with Crippen LogP contribution in [-0.4, -0.2) is 25.2 Å². The van der Waals surface area contributed by atoms with Gasteiger partial charge in [0.25, 0.3) is 0 Å². The van der Waals surface area contributed by atoms with Crippen LogP contribution in [0.5, 0.6) is 0 Å². The van der Waals surface area contributed by atoms with Crippen molar-refractivity contribution in [3.05, 3.63) is 0 Å². The largest absolute Gasteiger partial charge is 0.463 e. The van der Waals surface area contributed by atoms with Crippen molar-refractivity contribution in [3.63, 3.8) is 0 Å². The predicted octanol–water partition coefficient (Wildman–Crippen LogP) is 1.53. The van der Waals surface area contributed by atoms with Gasteiger partial charge < -0.3 is 9.47 Å². The predicted molar refractivity (Wildman–Crippen MR) is 51.7 cm³/mol. The van der Waals surface area contributed by atoms with Crippen LogP contribution in [0.25, 0.3) is 0 Å². The number of ether oxygens (including phenoxy) is 2. The van der Waals surface area contributed by atoms with E-state index in [4.69, 9.17) is 4.74 Å². The van der Waals surface area contributed by atoms with E-state index in [0.717, 1.165) is 6.42 Å². The molecule has 0 aliphatic heterocycles. The molecule has 0 heterocycles. The minimum atomic E-state index is -0.495. The van der Waals surface area contributed by atoms with Crippen molar-refractivity contribution in [2.75, 3.05) is 13.2 Å². The molecule has 0 aromatic carbocycles. The van der Waals surface area contributed by atoms with Gasteiger partial charge in [-0.1, -0.05) is 13.8 Å². The summed E-state index contributed by atoms with van der Waals surface area (Å²) in [7, 11) is 0. The summed E-state index contributed by atoms with van der Waals surface area (Å²) < 4.78 is 9.29. The van der Waals surface area contributed by atoms with Crippen LogP contribution in [0.3, 0.4) is 0 Å². The zero-order valence-electron chi connectivity index (χ0n) is 9.04. The molecule has 0 fully saturated rings. The Kier molecular flexibility index (Phi) is 6.80. The molecule has 0 atom stereocenters. The topological polar surface area (TPSA) is 52.6 Å². The molecule has 14 heavy (non-hydrogen) atoms. The Morgan fingerprint density at radius 1 is 1.14 bits per heavy atom. The van der Waals surface area contributed by atoms with Crippen molar-refractivity contribution in [1.82, 2.24) is 0 Å². The van der Waals surface area contributed by atoms with E-state index in [0.29, 0.717) is 18.9 Å². The first-order valence-electron chi connectivity index (χ1n) is 4.87. The molecule has 0 bridgehead atoms. The lowest BCUT2D eigenvalue weighted by atomic mass is 10.1. The average molecular weight is 202 g/mol. The molecular formula is C10H18O4. The fraction of sp³-hybridized carbons (Fsp3) is 0.800. The van der Waals surface area contributed by atoms with Crippen LogP contribution in [0.15, 0.2) is 0 Å². The van der Waals surface area contributed by atoms with E-state index < -0.39 is 5.97 Å². The number of carbonyl (C=O) groups is 2. The lowest BCUT2D eigenvalue weighted by Crippen LogP contribution is -2.16. The van der Waals surface area contributed by atoms with Crippen LogP contribution in [0, 0.1) is 5.92 Å². The molecule has 4 heteroatoms.